The monoisotopic (exact) mass is 452 g/mol. The molecule has 2 aliphatic carbocycles. The summed E-state index contributed by atoms with van der Waals surface area (Å²) in [5.41, 5.74) is 0. The Bertz CT molecular complexity index is 398. The first-order valence-electron chi connectivity index (χ1n) is 8.98. The highest BCUT2D eigenvalue weighted by atomic mass is 127. The van der Waals surface area contributed by atoms with Crippen molar-refractivity contribution in [1.29, 1.82) is 0 Å². The van der Waals surface area contributed by atoms with Gasteiger partial charge in [0.15, 0.2) is 5.96 Å². The van der Waals surface area contributed by atoms with E-state index in [1.807, 2.05) is 7.05 Å². The van der Waals surface area contributed by atoms with Crippen LogP contribution in [-0.4, -0.2) is 63.7 Å². The highest BCUT2D eigenvalue weighted by Gasteiger charge is 2.24. The molecule has 0 bridgehead atoms. The maximum Gasteiger partial charge on any atom is 0.223 e. The molecule has 0 heterocycles. The summed E-state index contributed by atoms with van der Waals surface area (Å²) in [5, 5.41) is 6.34. The topological polar surface area (TPSA) is 66.0 Å². The summed E-state index contributed by atoms with van der Waals surface area (Å²) >= 11 is 0. The number of amides is 1. The Hall–Kier alpha value is -0.570. The molecule has 6 nitrogen and oxygen atoms in total. The summed E-state index contributed by atoms with van der Waals surface area (Å²) in [7, 11) is 3.82. The third kappa shape index (κ3) is 8.00. The zero-order chi connectivity index (χ0) is 16.5. The smallest absolute Gasteiger partial charge is 0.223 e. The molecule has 0 aromatic rings. The average molecular weight is 452 g/mol. The van der Waals surface area contributed by atoms with E-state index in [2.05, 4.69) is 20.5 Å². The molecule has 0 unspecified atom stereocenters. The number of nitrogens with one attached hydrogen (secondary N) is 2. The van der Waals surface area contributed by atoms with E-state index in [0.717, 1.165) is 64.0 Å². The van der Waals surface area contributed by atoms with Gasteiger partial charge in [0.1, 0.15) is 0 Å². The molecule has 24 heavy (non-hydrogen) atoms. The van der Waals surface area contributed by atoms with Gasteiger partial charge in [0, 0.05) is 46.3 Å². The molecule has 0 radical (unpaired) electrons. The van der Waals surface area contributed by atoms with Crippen LogP contribution in [0.15, 0.2) is 4.99 Å². The molecule has 0 saturated heterocycles. The van der Waals surface area contributed by atoms with Crippen molar-refractivity contribution in [1.82, 2.24) is 15.5 Å². The van der Waals surface area contributed by atoms with Crippen molar-refractivity contribution in [3.8, 4) is 0 Å². The molecule has 0 aliphatic heterocycles. The van der Waals surface area contributed by atoms with Gasteiger partial charge in [0.25, 0.3) is 0 Å². The highest BCUT2D eigenvalue weighted by Crippen LogP contribution is 2.28. The number of ether oxygens (including phenoxy) is 1. The number of aliphatic imine (C=N–C) groups is 1. The Morgan fingerprint density at radius 3 is 2.50 bits per heavy atom. The van der Waals surface area contributed by atoms with Crippen LogP contribution in [0.4, 0.5) is 0 Å². The quantitative estimate of drug-likeness (QED) is 0.230. The van der Waals surface area contributed by atoms with Gasteiger partial charge in [-0.1, -0.05) is 6.42 Å². The fourth-order valence-corrected chi connectivity index (χ4v) is 2.54. The number of likely N-dealkylation sites (N-methyl/N-ethyl adjacent to an activating group) is 1. The lowest BCUT2D eigenvalue weighted by Crippen LogP contribution is -2.42. The van der Waals surface area contributed by atoms with Crippen LogP contribution in [0.3, 0.4) is 0 Å². The fourth-order valence-electron chi connectivity index (χ4n) is 2.54. The van der Waals surface area contributed by atoms with E-state index >= 15 is 0 Å². The van der Waals surface area contributed by atoms with Crippen LogP contribution >= 0.6 is 24.0 Å². The maximum absolute atomic E-state index is 11.7. The summed E-state index contributed by atoms with van der Waals surface area (Å²) in [5.74, 6) is 2.20. The van der Waals surface area contributed by atoms with E-state index < -0.39 is 0 Å². The second-order valence-electron chi connectivity index (χ2n) is 6.69. The largest absolute Gasteiger partial charge is 0.379 e. The van der Waals surface area contributed by atoms with Crippen molar-refractivity contribution in [2.24, 2.45) is 16.8 Å². The predicted octanol–water partition coefficient (Wildman–Crippen LogP) is 1.84. The molecule has 0 spiro atoms. The molecule has 7 heteroatoms. The minimum Gasteiger partial charge on any atom is -0.379 e. The Balaban J connectivity index is 0.00000288. The van der Waals surface area contributed by atoms with Gasteiger partial charge in [-0.25, -0.2) is 0 Å². The first-order valence-corrected chi connectivity index (χ1v) is 8.98. The van der Waals surface area contributed by atoms with Gasteiger partial charge >= 0.3 is 0 Å². The van der Waals surface area contributed by atoms with E-state index in [1.54, 1.807) is 7.05 Å². The highest BCUT2D eigenvalue weighted by molar-refractivity contribution is 14.0. The summed E-state index contributed by atoms with van der Waals surface area (Å²) in [6.45, 7) is 4.02. The van der Waals surface area contributed by atoms with Crippen molar-refractivity contribution >= 4 is 35.8 Å². The first kappa shape index (κ1) is 21.5. The lowest BCUT2D eigenvalue weighted by molar-refractivity contribution is -0.127. The molecule has 2 fully saturated rings. The number of nitrogens with zero attached hydrogens (tertiary/aromatic N) is 2. The number of hydrogen-bond donors (Lipinski definition) is 2. The van der Waals surface area contributed by atoms with Crippen LogP contribution in [0, 0.1) is 11.8 Å². The normalized spacial score (nSPS) is 17.7. The van der Waals surface area contributed by atoms with Crippen molar-refractivity contribution in [3.05, 3.63) is 0 Å². The van der Waals surface area contributed by atoms with Crippen LogP contribution in [0.25, 0.3) is 0 Å². The van der Waals surface area contributed by atoms with Gasteiger partial charge in [-0.3, -0.25) is 9.79 Å². The zero-order valence-corrected chi connectivity index (χ0v) is 17.4. The predicted molar refractivity (Wildman–Crippen MR) is 108 cm³/mol. The molecule has 0 aromatic carbocycles. The Kier molecular flexibility index (Phi) is 10.6. The van der Waals surface area contributed by atoms with Gasteiger partial charge in [-0.15, -0.1) is 24.0 Å². The molecule has 140 valence electrons. The zero-order valence-electron chi connectivity index (χ0n) is 15.1. The van der Waals surface area contributed by atoms with E-state index in [-0.39, 0.29) is 35.8 Å². The van der Waals surface area contributed by atoms with Crippen LogP contribution < -0.4 is 10.6 Å². The second-order valence-corrected chi connectivity index (χ2v) is 6.69. The van der Waals surface area contributed by atoms with E-state index in [1.165, 1.54) is 19.3 Å². The molecule has 0 aromatic heterocycles. The van der Waals surface area contributed by atoms with Gasteiger partial charge < -0.3 is 20.3 Å². The average Bonchev–Trinajstić information content (AvgIpc) is 3.29. The molecule has 0 atom stereocenters. The fraction of sp³-hybridized carbons (Fsp3) is 0.882. The van der Waals surface area contributed by atoms with Gasteiger partial charge in [-0.05, 0) is 38.0 Å². The summed E-state index contributed by atoms with van der Waals surface area (Å²) < 4.78 is 5.66. The Labute approximate surface area is 163 Å². The van der Waals surface area contributed by atoms with Crippen molar-refractivity contribution in [2.45, 2.75) is 38.5 Å². The lowest BCUT2D eigenvalue weighted by Gasteiger charge is -2.24. The molecular weight excluding hydrogens is 419 g/mol. The van der Waals surface area contributed by atoms with Gasteiger partial charge in [0.2, 0.25) is 5.91 Å². The summed E-state index contributed by atoms with van der Waals surface area (Å²) in [6, 6.07) is 0. The standard InChI is InChI=1S/C17H32N4O2.HI/c1-18-17(21(2)11-12-23-13-14-7-8-14)20-10-4-9-19-16(22)15-5-3-6-15;/h14-15H,3-13H2,1-2H3,(H,18,20)(H,19,22);1H. The maximum atomic E-state index is 11.7. The first-order chi connectivity index (χ1) is 11.2. The third-order valence-corrected chi connectivity index (χ3v) is 4.61. The number of rotatable bonds is 10. The van der Waals surface area contributed by atoms with Crippen molar-refractivity contribution < 1.29 is 9.53 Å². The number of guanidine groups is 1. The minimum atomic E-state index is 0. The van der Waals surface area contributed by atoms with Gasteiger partial charge in [0.05, 0.1) is 6.61 Å². The molecular formula is C17H33IN4O2. The molecule has 2 rings (SSSR count). The number of hydrogen-bond acceptors (Lipinski definition) is 3. The van der Waals surface area contributed by atoms with E-state index in [4.69, 9.17) is 4.74 Å². The Morgan fingerprint density at radius 2 is 1.92 bits per heavy atom. The third-order valence-electron chi connectivity index (χ3n) is 4.61. The van der Waals surface area contributed by atoms with Crippen molar-refractivity contribution in [2.75, 3.05) is 46.9 Å². The summed E-state index contributed by atoms with van der Waals surface area (Å²) in [4.78, 5) is 18.1. The second kappa shape index (κ2) is 11.9. The van der Waals surface area contributed by atoms with Gasteiger partial charge in [-0.2, -0.15) is 0 Å². The van der Waals surface area contributed by atoms with Crippen LogP contribution in [0.2, 0.25) is 0 Å². The minimum absolute atomic E-state index is 0. The lowest BCUT2D eigenvalue weighted by atomic mass is 9.85. The van der Waals surface area contributed by atoms with Crippen LogP contribution in [-0.2, 0) is 9.53 Å². The van der Waals surface area contributed by atoms with E-state index in [0.29, 0.717) is 0 Å². The SMILES string of the molecule is CN=C(NCCCNC(=O)C1CCC1)N(C)CCOCC1CC1.I. The number of carbonyl (C=O) groups is 1. The van der Waals surface area contributed by atoms with Crippen molar-refractivity contribution in [3.63, 3.8) is 0 Å². The molecule has 2 saturated carbocycles. The molecule has 2 aliphatic rings. The van der Waals surface area contributed by atoms with Crippen LogP contribution in [0.5, 0.6) is 0 Å². The molecule has 1 amide bonds. The van der Waals surface area contributed by atoms with E-state index in [9.17, 15) is 4.79 Å². The summed E-state index contributed by atoms with van der Waals surface area (Å²) in [6.07, 6.45) is 6.89. The van der Waals surface area contributed by atoms with Crippen LogP contribution in [0.1, 0.15) is 38.5 Å². The Morgan fingerprint density at radius 1 is 1.21 bits per heavy atom. The molecule has 2 N–H and O–H groups in total. The number of carbonyl (C=O) groups excluding carboxylic acids is 1. The number of halogens is 1.